The van der Waals surface area contributed by atoms with E-state index in [1.807, 2.05) is 13.8 Å². The molecule has 24 heavy (non-hydrogen) atoms. The lowest BCUT2D eigenvalue weighted by molar-refractivity contribution is 0.0938. The Hall–Kier alpha value is -2.48. The van der Waals surface area contributed by atoms with Crippen molar-refractivity contribution < 1.29 is 4.79 Å². The Bertz CT molecular complexity index is 803. The molecule has 0 aliphatic carbocycles. The number of carbonyl (C=O) groups is 1. The van der Waals surface area contributed by atoms with Crippen LogP contribution in [0.2, 0.25) is 0 Å². The van der Waals surface area contributed by atoms with Gasteiger partial charge in [0.05, 0.1) is 5.39 Å². The van der Waals surface area contributed by atoms with Gasteiger partial charge in [0.2, 0.25) is 0 Å². The van der Waals surface area contributed by atoms with Crippen molar-refractivity contribution in [3.05, 3.63) is 40.3 Å². The third kappa shape index (κ3) is 4.08. The van der Waals surface area contributed by atoms with Crippen molar-refractivity contribution >= 4 is 34.0 Å². The van der Waals surface area contributed by atoms with E-state index < -0.39 is 5.91 Å². The molecule has 2 aromatic rings. The average Bonchev–Trinajstić information content (AvgIpc) is 2.60. The first-order valence-electron chi connectivity index (χ1n) is 7.92. The predicted octanol–water partition coefficient (Wildman–Crippen LogP) is 1.33. The van der Waals surface area contributed by atoms with Gasteiger partial charge in [-0.15, -0.1) is 0 Å². The highest BCUT2D eigenvalue weighted by Gasteiger charge is 2.16. The summed E-state index contributed by atoms with van der Waals surface area (Å²) in [6, 6.07) is 6.95. The van der Waals surface area contributed by atoms with Gasteiger partial charge in [-0.1, -0.05) is 32.0 Å². The number of hydrogen-bond donors (Lipinski definition) is 3. The molecule has 3 N–H and O–H groups in total. The second-order valence-corrected chi connectivity index (χ2v) is 5.67. The van der Waals surface area contributed by atoms with Crippen LogP contribution in [0.5, 0.6) is 0 Å². The third-order valence-electron chi connectivity index (χ3n) is 3.34. The number of hydrazine groups is 1. The predicted molar refractivity (Wildman–Crippen MR) is 97.8 cm³/mol. The fourth-order valence-corrected chi connectivity index (χ4v) is 2.37. The second-order valence-electron chi connectivity index (χ2n) is 5.26. The van der Waals surface area contributed by atoms with E-state index in [2.05, 4.69) is 21.3 Å². The number of aromatic nitrogens is 2. The van der Waals surface area contributed by atoms with E-state index in [1.165, 1.54) is 4.68 Å². The number of hydrogen-bond acceptors (Lipinski definition) is 4. The minimum Gasteiger partial charge on any atom is -0.361 e. The van der Waals surface area contributed by atoms with Gasteiger partial charge in [0.15, 0.2) is 10.8 Å². The molecular formula is C16H21N5O2S. The number of fused-ring (bicyclic) bond motifs is 1. The van der Waals surface area contributed by atoms with Crippen LogP contribution in [0.1, 0.15) is 37.2 Å². The van der Waals surface area contributed by atoms with Crippen LogP contribution < -0.4 is 21.7 Å². The van der Waals surface area contributed by atoms with E-state index >= 15 is 0 Å². The van der Waals surface area contributed by atoms with Gasteiger partial charge < -0.3 is 5.32 Å². The van der Waals surface area contributed by atoms with Crippen LogP contribution in [0.25, 0.3) is 10.8 Å². The summed E-state index contributed by atoms with van der Waals surface area (Å²) >= 11 is 5.06. The maximum absolute atomic E-state index is 12.5. The molecule has 0 fully saturated rings. The molecule has 0 aliphatic heterocycles. The Kier molecular flexibility index (Phi) is 6.25. The molecule has 0 spiro atoms. The highest BCUT2D eigenvalue weighted by Crippen LogP contribution is 2.13. The van der Waals surface area contributed by atoms with Crippen LogP contribution in [-0.4, -0.2) is 27.3 Å². The first-order chi connectivity index (χ1) is 11.6. The topological polar surface area (TPSA) is 88.0 Å². The highest BCUT2D eigenvalue weighted by molar-refractivity contribution is 7.80. The summed E-state index contributed by atoms with van der Waals surface area (Å²) < 4.78 is 1.32. The van der Waals surface area contributed by atoms with Crippen molar-refractivity contribution in [2.45, 2.75) is 33.2 Å². The maximum atomic E-state index is 12.5. The zero-order chi connectivity index (χ0) is 17.5. The minimum absolute atomic E-state index is 0.185. The molecule has 1 heterocycles. The molecule has 0 radical (unpaired) electrons. The molecule has 0 aliphatic rings. The Labute approximate surface area is 145 Å². The number of carbonyl (C=O) groups excluding carboxylic acids is 1. The maximum Gasteiger partial charge on any atom is 0.290 e. The van der Waals surface area contributed by atoms with E-state index in [1.54, 1.807) is 24.3 Å². The lowest BCUT2D eigenvalue weighted by Crippen LogP contribution is -2.47. The molecule has 128 valence electrons. The lowest BCUT2D eigenvalue weighted by Gasteiger charge is -2.13. The SMILES string of the molecule is CCCNC(=S)NNC(=O)c1nn(CCC)c(=O)c2ccccc12. The molecule has 7 nitrogen and oxygen atoms in total. The van der Waals surface area contributed by atoms with Gasteiger partial charge in [-0.3, -0.25) is 20.4 Å². The van der Waals surface area contributed by atoms with Gasteiger partial charge in [-0.25, -0.2) is 4.68 Å². The number of rotatable bonds is 5. The Balaban J connectivity index is 2.30. The summed E-state index contributed by atoms with van der Waals surface area (Å²) in [7, 11) is 0. The van der Waals surface area contributed by atoms with Gasteiger partial charge >= 0.3 is 0 Å². The van der Waals surface area contributed by atoms with Gasteiger partial charge in [-0.05, 0) is 31.1 Å². The van der Waals surface area contributed by atoms with Crippen molar-refractivity contribution in [3.63, 3.8) is 0 Å². The van der Waals surface area contributed by atoms with Gasteiger partial charge in [0, 0.05) is 18.5 Å². The molecule has 1 aromatic heterocycles. The summed E-state index contributed by atoms with van der Waals surface area (Å²) in [5.74, 6) is -0.447. The van der Waals surface area contributed by atoms with Gasteiger partial charge in [0.25, 0.3) is 11.5 Å². The summed E-state index contributed by atoms with van der Waals surface area (Å²) in [6.45, 7) is 5.13. The van der Waals surface area contributed by atoms with Crippen LogP contribution in [-0.2, 0) is 6.54 Å². The molecule has 1 amide bonds. The van der Waals surface area contributed by atoms with Crippen LogP contribution in [0, 0.1) is 0 Å². The first kappa shape index (κ1) is 17.9. The smallest absolute Gasteiger partial charge is 0.290 e. The van der Waals surface area contributed by atoms with E-state index in [0.29, 0.717) is 29.0 Å². The van der Waals surface area contributed by atoms with Crippen LogP contribution in [0.15, 0.2) is 29.1 Å². The molecule has 0 saturated heterocycles. The third-order valence-corrected chi connectivity index (χ3v) is 3.59. The molecule has 2 rings (SSSR count). The summed E-state index contributed by atoms with van der Waals surface area (Å²) in [6.07, 6.45) is 1.67. The molecule has 0 bridgehead atoms. The molecule has 0 saturated carbocycles. The highest BCUT2D eigenvalue weighted by atomic mass is 32.1. The molecule has 8 heteroatoms. The number of thiocarbonyl (C=S) groups is 1. The number of benzene rings is 1. The zero-order valence-electron chi connectivity index (χ0n) is 13.8. The van der Waals surface area contributed by atoms with Crippen molar-refractivity contribution in [1.82, 2.24) is 25.9 Å². The normalized spacial score (nSPS) is 10.4. The quantitative estimate of drug-likeness (QED) is 0.559. The Morgan fingerprint density at radius 1 is 1.17 bits per heavy atom. The molecule has 0 unspecified atom stereocenters. The van der Waals surface area contributed by atoms with Crippen LogP contribution >= 0.6 is 12.2 Å². The Morgan fingerprint density at radius 3 is 2.54 bits per heavy atom. The Morgan fingerprint density at radius 2 is 1.88 bits per heavy atom. The fourth-order valence-electron chi connectivity index (χ4n) is 2.22. The largest absolute Gasteiger partial charge is 0.361 e. The average molecular weight is 347 g/mol. The molecular weight excluding hydrogens is 326 g/mol. The van der Waals surface area contributed by atoms with Crippen LogP contribution in [0.4, 0.5) is 0 Å². The monoisotopic (exact) mass is 347 g/mol. The second kappa shape index (κ2) is 8.39. The van der Waals surface area contributed by atoms with Crippen molar-refractivity contribution in [2.24, 2.45) is 0 Å². The minimum atomic E-state index is -0.447. The van der Waals surface area contributed by atoms with Crippen molar-refractivity contribution in [2.75, 3.05) is 6.54 Å². The standard InChI is InChI=1S/C16H21N5O2S/c1-3-9-17-16(24)19-18-14(22)13-11-7-5-6-8-12(11)15(23)21(20-13)10-4-2/h5-8H,3-4,9-10H2,1-2H3,(H,18,22)(H2,17,19,24). The van der Waals surface area contributed by atoms with E-state index in [9.17, 15) is 9.59 Å². The summed E-state index contributed by atoms with van der Waals surface area (Å²) in [5.41, 5.74) is 5.15. The van der Waals surface area contributed by atoms with Crippen LogP contribution in [0.3, 0.4) is 0 Å². The van der Waals surface area contributed by atoms with E-state index in [-0.39, 0.29) is 11.3 Å². The van der Waals surface area contributed by atoms with E-state index in [4.69, 9.17) is 12.2 Å². The number of aryl methyl sites for hydroxylation is 1. The summed E-state index contributed by atoms with van der Waals surface area (Å²) in [5, 5.41) is 8.48. The fraction of sp³-hybridized carbons (Fsp3) is 0.375. The zero-order valence-corrected chi connectivity index (χ0v) is 14.6. The number of nitrogens with zero attached hydrogens (tertiary/aromatic N) is 2. The first-order valence-corrected chi connectivity index (χ1v) is 8.33. The molecule has 1 aromatic carbocycles. The van der Waals surface area contributed by atoms with Gasteiger partial charge in [-0.2, -0.15) is 5.10 Å². The summed E-state index contributed by atoms with van der Waals surface area (Å²) in [4.78, 5) is 24.9. The van der Waals surface area contributed by atoms with Gasteiger partial charge in [0.1, 0.15) is 0 Å². The van der Waals surface area contributed by atoms with Crippen molar-refractivity contribution in [3.8, 4) is 0 Å². The lowest BCUT2D eigenvalue weighted by atomic mass is 10.1. The van der Waals surface area contributed by atoms with Crippen molar-refractivity contribution in [1.29, 1.82) is 0 Å². The number of nitrogens with one attached hydrogen (secondary N) is 3. The van der Waals surface area contributed by atoms with E-state index in [0.717, 1.165) is 12.8 Å². The molecule has 0 atom stereocenters. The number of amides is 1.